The fourth-order valence-corrected chi connectivity index (χ4v) is 4.29. The maximum atomic E-state index is 12.8. The van der Waals surface area contributed by atoms with Crippen molar-refractivity contribution < 1.29 is 27.5 Å². The molecule has 0 bridgehead atoms. The van der Waals surface area contributed by atoms with Crippen LogP contribution >= 0.6 is 0 Å². The van der Waals surface area contributed by atoms with Crippen LogP contribution < -0.4 is 0 Å². The van der Waals surface area contributed by atoms with Crippen LogP contribution in [0, 0.1) is 13.8 Å². The Morgan fingerprint density at radius 2 is 1.64 bits per heavy atom. The number of benzene rings is 1. The van der Waals surface area contributed by atoms with Crippen molar-refractivity contribution in [2.75, 3.05) is 32.8 Å². The zero-order chi connectivity index (χ0) is 20.9. The fourth-order valence-electron chi connectivity index (χ4n) is 2.79. The number of Topliss-reactive ketones (excluding diaryl/α,β-unsaturated/α-hetero) is 1. The van der Waals surface area contributed by atoms with E-state index >= 15 is 0 Å². The number of carbonyl (C=O) groups excluding carboxylic acids is 3. The third kappa shape index (κ3) is 5.62. The van der Waals surface area contributed by atoms with Gasteiger partial charge in [-0.25, -0.2) is 8.42 Å². The second kappa shape index (κ2) is 9.29. The van der Waals surface area contributed by atoms with Gasteiger partial charge in [-0.1, -0.05) is 6.07 Å². The van der Waals surface area contributed by atoms with Crippen molar-refractivity contribution in [1.82, 2.24) is 9.21 Å². The Morgan fingerprint density at radius 3 is 2.21 bits per heavy atom. The summed E-state index contributed by atoms with van der Waals surface area (Å²) in [6.07, 6.45) is 0.0344. The largest absolute Gasteiger partial charge is 0.456 e. The Labute approximate surface area is 165 Å². The number of amides is 1. The fraction of sp³-hybridized carbons (Fsp3) is 0.526. The van der Waals surface area contributed by atoms with Gasteiger partial charge in [0.1, 0.15) is 5.78 Å². The quantitative estimate of drug-likeness (QED) is 0.623. The molecular formula is C19H26N2O6S. The first-order chi connectivity index (χ1) is 13.1. The number of sulfonamides is 1. The van der Waals surface area contributed by atoms with Crippen LogP contribution in [0.4, 0.5) is 0 Å². The highest BCUT2D eigenvalue weighted by Crippen LogP contribution is 2.20. The summed E-state index contributed by atoms with van der Waals surface area (Å²) in [6, 6.07) is 5.03. The predicted molar refractivity (Wildman–Crippen MR) is 102 cm³/mol. The first kappa shape index (κ1) is 22.0. The van der Waals surface area contributed by atoms with E-state index in [4.69, 9.17) is 4.74 Å². The van der Waals surface area contributed by atoms with Crippen molar-refractivity contribution in [1.29, 1.82) is 0 Å². The van der Waals surface area contributed by atoms with Gasteiger partial charge in [0, 0.05) is 32.6 Å². The lowest BCUT2D eigenvalue weighted by molar-refractivity contribution is -0.152. The van der Waals surface area contributed by atoms with E-state index in [1.54, 1.807) is 18.2 Å². The van der Waals surface area contributed by atoms with Crippen LogP contribution in [0.2, 0.25) is 0 Å². The predicted octanol–water partition coefficient (Wildman–Crippen LogP) is 1.05. The molecule has 28 heavy (non-hydrogen) atoms. The topological polar surface area (TPSA) is 101 Å². The van der Waals surface area contributed by atoms with Gasteiger partial charge >= 0.3 is 5.97 Å². The van der Waals surface area contributed by atoms with Crippen LogP contribution in [0.25, 0.3) is 0 Å². The molecular weight excluding hydrogens is 384 g/mol. The molecule has 0 radical (unpaired) electrons. The van der Waals surface area contributed by atoms with Crippen LogP contribution in [0.1, 0.15) is 30.9 Å². The second-order valence-electron chi connectivity index (χ2n) is 6.89. The first-order valence-corrected chi connectivity index (χ1v) is 10.6. The van der Waals surface area contributed by atoms with Crippen LogP contribution in [0.3, 0.4) is 0 Å². The summed E-state index contributed by atoms with van der Waals surface area (Å²) in [5.74, 6) is -1.09. The maximum absolute atomic E-state index is 12.8. The molecule has 2 rings (SSSR count). The lowest BCUT2D eigenvalue weighted by Gasteiger charge is -2.34. The van der Waals surface area contributed by atoms with Crippen molar-refractivity contribution in [3.8, 4) is 0 Å². The van der Waals surface area contributed by atoms with E-state index in [1.807, 2.05) is 13.8 Å². The molecule has 1 fully saturated rings. The standard InChI is InChI=1S/C19H26N2O6S/c1-14-4-6-17(12-15(14)2)28(25,26)21-10-8-20(9-11-21)18(23)13-27-19(24)7-5-16(3)22/h4,6,12H,5,7-11,13H2,1-3H3. The molecule has 8 nitrogen and oxygen atoms in total. The van der Waals surface area contributed by atoms with Gasteiger partial charge in [0.15, 0.2) is 6.61 Å². The molecule has 1 aliphatic heterocycles. The first-order valence-electron chi connectivity index (χ1n) is 9.11. The van der Waals surface area contributed by atoms with E-state index < -0.39 is 22.6 Å². The number of hydrogen-bond acceptors (Lipinski definition) is 6. The number of piperazine rings is 1. The van der Waals surface area contributed by atoms with Crippen LogP contribution in [-0.4, -0.2) is 68.1 Å². The highest BCUT2D eigenvalue weighted by molar-refractivity contribution is 7.89. The van der Waals surface area contributed by atoms with Gasteiger partial charge in [0.05, 0.1) is 11.3 Å². The van der Waals surface area contributed by atoms with Gasteiger partial charge in [0.25, 0.3) is 5.91 Å². The molecule has 1 aromatic carbocycles. The van der Waals surface area contributed by atoms with Gasteiger partial charge in [0.2, 0.25) is 10.0 Å². The van der Waals surface area contributed by atoms with Gasteiger partial charge in [-0.3, -0.25) is 9.59 Å². The number of ether oxygens (including phenoxy) is 1. The molecule has 1 saturated heterocycles. The highest BCUT2D eigenvalue weighted by Gasteiger charge is 2.30. The van der Waals surface area contributed by atoms with Crippen molar-refractivity contribution in [3.05, 3.63) is 29.3 Å². The van der Waals surface area contributed by atoms with Crippen LogP contribution in [-0.2, 0) is 29.1 Å². The van der Waals surface area contributed by atoms with Crippen molar-refractivity contribution >= 4 is 27.7 Å². The average molecular weight is 410 g/mol. The number of carbonyl (C=O) groups is 3. The lowest BCUT2D eigenvalue weighted by atomic mass is 10.1. The van der Waals surface area contributed by atoms with Crippen LogP contribution in [0.15, 0.2) is 23.1 Å². The summed E-state index contributed by atoms with van der Waals surface area (Å²) in [7, 11) is -3.61. The Hall–Kier alpha value is -2.26. The Morgan fingerprint density at radius 1 is 1.00 bits per heavy atom. The van der Waals surface area contributed by atoms with Gasteiger partial charge in [-0.05, 0) is 44.0 Å². The monoisotopic (exact) mass is 410 g/mol. The van der Waals surface area contributed by atoms with Gasteiger partial charge in [-0.2, -0.15) is 4.31 Å². The summed E-state index contributed by atoms with van der Waals surface area (Å²) >= 11 is 0. The summed E-state index contributed by atoms with van der Waals surface area (Å²) < 4.78 is 31.8. The number of rotatable bonds is 7. The molecule has 1 amide bonds. The van der Waals surface area contributed by atoms with E-state index in [9.17, 15) is 22.8 Å². The normalized spacial score (nSPS) is 15.3. The lowest BCUT2D eigenvalue weighted by Crippen LogP contribution is -2.51. The molecule has 154 valence electrons. The number of ketones is 1. The minimum atomic E-state index is -3.61. The Kier molecular flexibility index (Phi) is 7.31. The number of nitrogens with zero attached hydrogens (tertiary/aromatic N) is 2. The molecule has 1 aromatic rings. The van der Waals surface area contributed by atoms with Gasteiger partial charge in [-0.15, -0.1) is 0 Å². The molecule has 0 aliphatic carbocycles. The zero-order valence-corrected chi connectivity index (χ0v) is 17.3. The summed E-state index contributed by atoms with van der Waals surface area (Å²) in [6.45, 7) is 5.58. The smallest absolute Gasteiger partial charge is 0.306 e. The van der Waals surface area contributed by atoms with Crippen LogP contribution in [0.5, 0.6) is 0 Å². The third-order valence-corrected chi connectivity index (χ3v) is 6.64. The Balaban J connectivity index is 1.87. The van der Waals surface area contributed by atoms with E-state index in [2.05, 4.69) is 0 Å². The molecule has 0 unspecified atom stereocenters. The maximum Gasteiger partial charge on any atom is 0.306 e. The summed E-state index contributed by atoms with van der Waals surface area (Å²) in [4.78, 5) is 36.2. The van der Waals surface area contributed by atoms with Crippen molar-refractivity contribution in [3.63, 3.8) is 0 Å². The molecule has 0 atom stereocenters. The van der Waals surface area contributed by atoms with Crippen molar-refractivity contribution in [2.45, 2.75) is 38.5 Å². The molecule has 0 N–H and O–H groups in total. The van der Waals surface area contributed by atoms with E-state index in [1.165, 1.54) is 16.1 Å². The molecule has 0 spiro atoms. The third-order valence-electron chi connectivity index (χ3n) is 4.75. The minimum absolute atomic E-state index is 0.0510. The average Bonchev–Trinajstić information content (AvgIpc) is 2.66. The number of aryl methyl sites for hydroxylation is 2. The molecule has 0 aromatic heterocycles. The number of hydrogen-bond donors (Lipinski definition) is 0. The van der Waals surface area contributed by atoms with E-state index in [-0.39, 0.29) is 55.6 Å². The number of esters is 1. The molecule has 9 heteroatoms. The van der Waals surface area contributed by atoms with Crippen molar-refractivity contribution in [2.24, 2.45) is 0 Å². The highest BCUT2D eigenvalue weighted by atomic mass is 32.2. The molecule has 0 saturated carbocycles. The van der Waals surface area contributed by atoms with E-state index in [0.717, 1.165) is 11.1 Å². The molecule has 1 aliphatic rings. The SMILES string of the molecule is CC(=O)CCC(=O)OCC(=O)N1CCN(S(=O)(=O)c2ccc(C)c(C)c2)CC1. The van der Waals surface area contributed by atoms with E-state index in [0.29, 0.717) is 0 Å². The van der Waals surface area contributed by atoms with Gasteiger partial charge < -0.3 is 14.4 Å². The summed E-state index contributed by atoms with van der Waals surface area (Å²) in [5.41, 5.74) is 1.92. The zero-order valence-electron chi connectivity index (χ0n) is 16.4. The Bertz CT molecular complexity index is 857. The second-order valence-corrected chi connectivity index (χ2v) is 8.83. The minimum Gasteiger partial charge on any atom is -0.456 e. The summed E-state index contributed by atoms with van der Waals surface area (Å²) in [5, 5.41) is 0. The molecule has 1 heterocycles.